The molecule has 0 unspecified atom stereocenters. The van der Waals surface area contributed by atoms with Gasteiger partial charge >= 0.3 is 5.97 Å². The van der Waals surface area contributed by atoms with Crippen molar-refractivity contribution in [2.45, 2.75) is 19.4 Å². The van der Waals surface area contributed by atoms with Gasteiger partial charge in [-0.3, -0.25) is 9.59 Å². The summed E-state index contributed by atoms with van der Waals surface area (Å²) in [5.74, 6) is -3.07. The van der Waals surface area contributed by atoms with Gasteiger partial charge in [-0.05, 0) is 49.3 Å². The van der Waals surface area contributed by atoms with E-state index >= 15 is 0 Å². The Morgan fingerprint density at radius 1 is 1.24 bits per heavy atom. The predicted octanol–water partition coefficient (Wildman–Crippen LogP) is 1.75. The zero-order valence-corrected chi connectivity index (χ0v) is 15.6. The highest BCUT2D eigenvalue weighted by molar-refractivity contribution is 6.26. The first kappa shape index (κ1) is 20.1. The second kappa shape index (κ2) is 7.40. The number of allylic oxidation sites excluding steroid dienone is 3. The van der Waals surface area contributed by atoms with Crippen LogP contribution in [0.25, 0.3) is 0 Å². The summed E-state index contributed by atoms with van der Waals surface area (Å²) in [7, 11) is 0. The van der Waals surface area contributed by atoms with Crippen LogP contribution in [0.3, 0.4) is 0 Å². The van der Waals surface area contributed by atoms with Crippen LogP contribution >= 0.6 is 0 Å². The topological polar surface area (TPSA) is 130 Å². The summed E-state index contributed by atoms with van der Waals surface area (Å²) in [6.45, 7) is 2.43. The van der Waals surface area contributed by atoms with Gasteiger partial charge in [0.2, 0.25) is 17.2 Å². The molecule has 0 aromatic heterocycles. The van der Waals surface area contributed by atoms with Gasteiger partial charge in [0.05, 0.1) is 12.2 Å². The zero-order valence-electron chi connectivity index (χ0n) is 15.6. The first-order valence-electron chi connectivity index (χ1n) is 8.60. The zero-order chi connectivity index (χ0) is 21.3. The van der Waals surface area contributed by atoms with Gasteiger partial charge in [-0.1, -0.05) is 6.08 Å². The fraction of sp³-hybridized carbons (Fsp3) is 0.190. The molecule has 150 valence electrons. The van der Waals surface area contributed by atoms with Crippen LogP contribution in [0, 0.1) is 6.92 Å². The van der Waals surface area contributed by atoms with Crippen LogP contribution in [-0.4, -0.2) is 45.1 Å². The Morgan fingerprint density at radius 2 is 1.97 bits per heavy atom. The third kappa shape index (κ3) is 3.57. The summed E-state index contributed by atoms with van der Waals surface area (Å²) in [6, 6.07) is 2.20. The molecule has 1 aromatic rings. The van der Waals surface area contributed by atoms with Crippen LogP contribution < -0.4 is 0 Å². The Labute approximate surface area is 165 Å². The number of carbonyl (C=O) groups excluding carboxylic acids is 3. The van der Waals surface area contributed by atoms with Crippen molar-refractivity contribution in [3.8, 4) is 11.5 Å². The SMILES string of the molecule is Cc1cc(O)cc(O)c1C(=O)O[C@@]1(C)C(=O)C=C2C=C(/C=C/CO)OC=C2C1=O. The molecular weight excluding hydrogens is 380 g/mol. The van der Waals surface area contributed by atoms with E-state index < -0.39 is 28.9 Å². The van der Waals surface area contributed by atoms with Crippen molar-refractivity contribution in [1.82, 2.24) is 0 Å². The monoisotopic (exact) mass is 398 g/mol. The quantitative estimate of drug-likeness (QED) is 0.517. The van der Waals surface area contributed by atoms with E-state index in [0.717, 1.165) is 12.3 Å². The lowest BCUT2D eigenvalue weighted by molar-refractivity contribution is -0.145. The number of rotatable bonds is 4. The third-order valence-corrected chi connectivity index (χ3v) is 4.54. The van der Waals surface area contributed by atoms with Crippen LogP contribution in [0.4, 0.5) is 0 Å². The number of benzene rings is 1. The van der Waals surface area contributed by atoms with E-state index in [2.05, 4.69) is 0 Å². The van der Waals surface area contributed by atoms with E-state index in [1.807, 2.05) is 0 Å². The highest BCUT2D eigenvalue weighted by Crippen LogP contribution is 2.35. The number of esters is 1. The number of aryl methyl sites for hydroxylation is 1. The van der Waals surface area contributed by atoms with E-state index in [9.17, 15) is 24.6 Å². The maximum absolute atomic E-state index is 12.9. The van der Waals surface area contributed by atoms with E-state index in [4.69, 9.17) is 14.6 Å². The van der Waals surface area contributed by atoms with Gasteiger partial charge < -0.3 is 24.8 Å². The van der Waals surface area contributed by atoms with Crippen molar-refractivity contribution in [3.05, 3.63) is 70.7 Å². The second-order valence-electron chi connectivity index (χ2n) is 6.65. The summed E-state index contributed by atoms with van der Waals surface area (Å²) in [5.41, 5.74) is -1.84. The smallest absolute Gasteiger partial charge is 0.343 e. The number of hydrogen-bond acceptors (Lipinski definition) is 8. The van der Waals surface area contributed by atoms with Gasteiger partial charge in [0, 0.05) is 6.07 Å². The molecule has 0 radical (unpaired) electrons. The molecule has 0 bridgehead atoms. The lowest BCUT2D eigenvalue weighted by atomic mass is 9.80. The number of fused-ring (bicyclic) bond motifs is 1. The maximum Gasteiger partial charge on any atom is 0.343 e. The van der Waals surface area contributed by atoms with Gasteiger partial charge in [0.15, 0.2) is 0 Å². The molecule has 0 amide bonds. The van der Waals surface area contributed by atoms with Crippen LogP contribution in [0.2, 0.25) is 0 Å². The Bertz CT molecular complexity index is 1020. The van der Waals surface area contributed by atoms with Gasteiger partial charge in [-0.15, -0.1) is 0 Å². The lowest BCUT2D eigenvalue weighted by Gasteiger charge is -2.31. The maximum atomic E-state index is 12.9. The Balaban J connectivity index is 1.94. The third-order valence-electron chi connectivity index (χ3n) is 4.54. The van der Waals surface area contributed by atoms with Crippen LogP contribution in [0.1, 0.15) is 22.8 Å². The molecule has 0 saturated carbocycles. The number of phenolic OH excluding ortho intramolecular Hbond substituents is 2. The van der Waals surface area contributed by atoms with Crippen molar-refractivity contribution in [2.75, 3.05) is 6.61 Å². The average molecular weight is 398 g/mol. The predicted molar refractivity (Wildman–Crippen MR) is 99.9 cm³/mol. The molecule has 3 N–H and O–H groups in total. The standard InChI is InChI=1S/C21H18O8/c1-11-6-13(23)9-16(24)18(11)20(27)29-21(2)17(25)8-12-7-14(4-3-5-22)28-10-15(12)19(21)26/h3-4,6-10,22-24H,5H2,1-2H3/b4-3+/t21-/m0/s1. The molecule has 29 heavy (non-hydrogen) atoms. The van der Waals surface area contributed by atoms with Crippen LogP contribution in [0.15, 0.2) is 59.6 Å². The summed E-state index contributed by atoms with van der Waals surface area (Å²) < 4.78 is 10.6. The molecule has 0 saturated heterocycles. The van der Waals surface area contributed by atoms with Crippen molar-refractivity contribution in [2.24, 2.45) is 0 Å². The Kier molecular flexibility index (Phi) is 5.13. The number of aliphatic hydroxyl groups is 1. The fourth-order valence-electron chi connectivity index (χ4n) is 3.02. The van der Waals surface area contributed by atoms with E-state index in [-0.39, 0.29) is 29.1 Å². The molecular formula is C21H18O8. The fourth-order valence-corrected chi connectivity index (χ4v) is 3.02. The Morgan fingerprint density at radius 3 is 2.62 bits per heavy atom. The number of ketones is 2. The number of phenols is 2. The van der Waals surface area contributed by atoms with E-state index in [1.54, 1.807) is 0 Å². The summed E-state index contributed by atoms with van der Waals surface area (Å²) in [5, 5.41) is 28.3. The molecule has 1 atom stereocenters. The molecule has 1 heterocycles. The molecule has 8 nitrogen and oxygen atoms in total. The number of hydrogen-bond donors (Lipinski definition) is 3. The summed E-state index contributed by atoms with van der Waals surface area (Å²) in [6.07, 6.45) is 6.67. The highest BCUT2D eigenvalue weighted by atomic mass is 16.6. The highest BCUT2D eigenvalue weighted by Gasteiger charge is 2.49. The molecule has 0 fully saturated rings. The second-order valence-corrected chi connectivity index (χ2v) is 6.65. The first-order chi connectivity index (χ1) is 13.7. The van der Waals surface area contributed by atoms with Crippen molar-refractivity contribution >= 4 is 17.5 Å². The molecule has 8 heteroatoms. The number of Topliss-reactive ketones (excluding diaryl/α,β-unsaturated/α-hetero) is 1. The lowest BCUT2D eigenvalue weighted by Crippen LogP contribution is -2.50. The molecule has 1 aromatic carbocycles. The Hall–Kier alpha value is -3.65. The van der Waals surface area contributed by atoms with Gasteiger partial charge in [0.1, 0.15) is 29.1 Å². The van der Waals surface area contributed by atoms with Gasteiger partial charge in [0.25, 0.3) is 0 Å². The normalized spacial score (nSPS) is 21.1. The van der Waals surface area contributed by atoms with Crippen molar-refractivity contribution in [3.63, 3.8) is 0 Å². The number of aromatic hydroxyl groups is 2. The minimum Gasteiger partial charge on any atom is -0.508 e. The van der Waals surface area contributed by atoms with E-state index in [1.165, 1.54) is 44.2 Å². The average Bonchev–Trinajstić information content (AvgIpc) is 2.64. The van der Waals surface area contributed by atoms with Crippen LogP contribution in [-0.2, 0) is 19.1 Å². The van der Waals surface area contributed by atoms with Crippen molar-refractivity contribution in [1.29, 1.82) is 0 Å². The first-order valence-corrected chi connectivity index (χ1v) is 8.60. The summed E-state index contributed by atoms with van der Waals surface area (Å²) >= 11 is 0. The van der Waals surface area contributed by atoms with Crippen LogP contribution in [0.5, 0.6) is 11.5 Å². The van der Waals surface area contributed by atoms with Gasteiger partial charge in [-0.25, -0.2) is 4.79 Å². The number of aliphatic hydroxyl groups excluding tert-OH is 1. The number of ether oxygens (including phenoxy) is 2. The number of carbonyl (C=O) groups is 3. The minimum atomic E-state index is -2.14. The molecule has 0 spiro atoms. The van der Waals surface area contributed by atoms with Crippen molar-refractivity contribution < 1.29 is 39.2 Å². The largest absolute Gasteiger partial charge is 0.508 e. The minimum absolute atomic E-state index is 0.0488. The molecule has 3 rings (SSSR count). The van der Waals surface area contributed by atoms with E-state index in [0.29, 0.717) is 11.3 Å². The molecule has 1 aliphatic heterocycles. The van der Waals surface area contributed by atoms with Gasteiger partial charge in [-0.2, -0.15) is 0 Å². The summed E-state index contributed by atoms with van der Waals surface area (Å²) in [4.78, 5) is 38.2. The molecule has 1 aliphatic carbocycles. The molecule has 2 aliphatic rings.